The first-order valence-electron chi connectivity index (χ1n) is 6.93. The van der Waals surface area contributed by atoms with Crippen molar-refractivity contribution < 1.29 is 9.59 Å². The number of rotatable bonds is 5. The van der Waals surface area contributed by atoms with Crippen molar-refractivity contribution >= 4 is 29.0 Å². The molecule has 23 heavy (non-hydrogen) atoms. The quantitative estimate of drug-likeness (QED) is 0.324. The van der Waals surface area contributed by atoms with Crippen LogP contribution in [0.15, 0.2) is 23.3 Å². The lowest BCUT2D eigenvalue weighted by atomic mass is 10.1. The van der Waals surface area contributed by atoms with E-state index in [1.807, 2.05) is 13.8 Å². The van der Waals surface area contributed by atoms with Gasteiger partial charge in [-0.15, -0.1) is 0 Å². The molecule has 0 saturated carbocycles. The van der Waals surface area contributed by atoms with Gasteiger partial charge in [0.25, 0.3) is 11.8 Å². The van der Waals surface area contributed by atoms with Crippen molar-refractivity contribution in [3.05, 3.63) is 29.3 Å². The second-order valence-electron chi connectivity index (χ2n) is 5.47. The third-order valence-electron chi connectivity index (χ3n) is 3.18. The van der Waals surface area contributed by atoms with E-state index in [1.165, 1.54) is 17.0 Å². The molecule has 8 nitrogen and oxygen atoms in total. The number of fused-ring (bicyclic) bond motifs is 1. The molecule has 0 fully saturated rings. The number of nitrogens with two attached hydrogens (primary N) is 1. The zero-order chi connectivity index (χ0) is 17.1. The fourth-order valence-electron chi connectivity index (χ4n) is 2.16. The van der Waals surface area contributed by atoms with E-state index >= 15 is 0 Å². The van der Waals surface area contributed by atoms with Gasteiger partial charge in [0.05, 0.1) is 16.8 Å². The van der Waals surface area contributed by atoms with Crippen LogP contribution in [0.1, 0.15) is 34.6 Å². The first kappa shape index (κ1) is 16.2. The molecule has 2 rings (SSSR count). The van der Waals surface area contributed by atoms with Gasteiger partial charge >= 0.3 is 0 Å². The van der Waals surface area contributed by atoms with Gasteiger partial charge in [-0.2, -0.15) is 10.4 Å². The number of benzene rings is 1. The second kappa shape index (κ2) is 6.27. The molecule has 0 unspecified atom stereocenters. The third-order valence-corrected chi connectivity index (χ3v) is 3.18. The molecule has 1 aliphatic rings. The topological polar surface area (TPSA) is 135 Å². The van der Waals surface area contributed by atoms with Crippen LogP contribution in [-0.2, 0) is 0 Å². The van der Waals surface area contributed by atoms with Crippen molar-refractivity contribution in [3.63, 3.8) is 0 Å². The Labute approximate surface area is 133 Å². The van der Waals surface area contributed by atoms with Crippen LogP contribution in [0, 0.1) is 22.7 Å². The summed E-state index contributed by atoms with van der Waals surface area (Å²) < 4.78 is 0. The molecular weight excluding hydrogens is 296 g/mol. The molecule has 0 spiro atoms. The molecule has 4 N–H and O–H groups in total. The number of amides is 2. The number of nitriles is 1. The summed E-state index contributed by atoms with van der Waals surface area (Å²) in [5.41, 5.74) is 8.54. The highest BCUT2D eigenvalue weighted by molar-refractivity contribution is 6.45. The number of hydrogen-bond acceptors (Lipinski definition) is 6. The Kier molecular flexibility index (Phi) is 4.41. The molecule has 0 saturated heterocycles. The van der Waals surface area contributed by atoms with E-state index in [0.717, 1.165) is 0 Å². The number of carbonyl (C=O) groups excluding carboxylic acids is 2. The van der Waals surface area contributed by atoms with E-state index in [4.69, 9.17) is 16.4 Å². The lowest BCUT2D eigenvalue weighted by molar-refractivity contribution is 0.0636. The lowest BCUT2D eigenvalue weighted by Crippen LogP contribution is -2.33. The van der Waals surface area contributed by atoms with Crippen LogP contribution in [0.25, 0.3) is 0 Å². The van der Waals surface area contributed by atoms with Gasteiger partial charge in [0.15, 0.2) is 5.84 Å². The monoisotopic (exact) mass is 312 g/mol. The highest BCUT2D eigenvalue weighted by Crippen LogP contribution is 2.26. The SMILES string of the molecule is CC(C)CN1C(=O)c2ccc(N/N=C(\C#N)C(=N)N)cc2C1=O. The molecule has 1 aromatic carbocycles. The predicted molar refractivity (Wildman–Crippen MR) is 85.2 cm³/mol. The molecule has 2 amide bonds. The van der Waals surface area contributed by atoms with Crippen LogP contribution in [-0.4, -0.2) is 34.8 Å². The number of nitrogens with zero attached hydrogens (tertiary/aromatic N) is 3. The standard InChI is InChI=1S/C15H16N6O2/c1-8(2)7-21-14(22)10-4-3-9(5-11(10)15(21)23)19-20-12(6-16)13(17)18/h3-5,8,19H,7H2,1-2H3,(H3,17,18)/b20-12+. The molecule has 1 heterocycles. The van der Waals surface area contributed by atoms with Crippen LogP contribution in [0.2, 0.25) is 0 Å². The summed E-state index contributed by atoms with van der Waals surface area (Å²) in [5.74, 6) is -0.947. The first-order chi connectivity index (χ1) is 10.8. The van der Waals surface area contributed by atoms with Gasteiger partial charge in [-0.25, -0.2) is 0 Å². The van der Waals surface area contributed by atoms with E-state index in [-0.39, 0.29) is 29.0 Å². The van der Waals surface area contributed by atoms with E-state index in [9.17, 15) is 9.59 Å². The lowest BCUT2D eigenvalue weighted by Gasteiger charge is -2.15. The Morgan fingerprint density at radius 1 is 1.39 bits per heavy atom. The van der Waals surface area contributed by atoms with Crippen molar-refractivity contribution in [1.82, 2.24) is 4.90 Å². The fraction of sp³-hybridized carbons (Fsp3) is 0.267. The maximum absolute atomic E-state index is 12.3. The smallest absolute Gasteiger partial charge is 0.261 e. The number of hydrazone groups is 1. The molecule has 0 radical (unpaired) electrons. The van der Waals surface area contributed by atoms with Gasteiger partial charge in [0.2, 0.25) is 5.71 Å². The molecule has 118 valence electrons. The van der Waals surface area contributed by atoms with Crippen LogP contribution >= 0.6 is 0 Å². The Balaban J connectivity index is 2.28. The largest absolute Gasteiger partial charge is 0.382 e. The average molecular weight is 312 g/mol. The Morgan fingerprint density at radius 2 is 2.04 bits per heavy atom. The molecule has 8 heteroatoms. The summed E-state index contributed by atoms with van der Waals surface area (Å²) in [7, 11) is 0. The highest BCUT2D eigenvalue weighted by atomic mass is 16.2. The van der Waals surface area contributed by atoms with E-state index in [2.05, 4.69) is 10.5 Å². The molecular formula is C15H16N6O2. The third kappa shape index (κ3) is 3.18. The predicted octanol–water partition coefficient (Wildman–Crippen LogP) is 1.17. The molecule has 0 aliphatic carbocycles. The zero-order valence-electron chi connectivity index (χ0n) is 12.8. The van der Waals surface area contributed by atoms with Crippen molar-refractivity contribution in [2.75, 3.05) is 12.0 Å². The Morgan fingerprint density at radius 3 is 2.61 bits per heavy atom. The summed E-state index contributed by atoms with van der Waals surface area (Å²) in [4.78, 5) is 25.8. The number of amidine groups is 1. The van der Waals surface area contributed by atoms with Gasteiger partial charge in [-0.05, 0) is 24.1 Å². The molecule has 1 aromatic rings. The van der Waals surface area contributed by atoms with Gasteiger partial charge in [0.1, 0.15) is 6.07 Å². The number of anilines is 1. The van der Waals surface area contributed by atoms with E-state index < -0.39 is 5.84 Å². The normalized spacial score (nSPS) is 14.0. The number of carbonyl (C=O) groups is 2. The molecule has 0 atom stereocenters. The van der Waals surface area contributed by atoms with Gasteiger partial charge < -0.3 is 5.73 Å². The van der Waals surface area contributed by atoms with Crippen molar-refractivity contribution in [3.8, 4) is 6.07 Å². The minimum atomic E-state index is -0.462. The Hall–Kier alpha value is -3.21. The fourth-order valence-corrected chi connectivity index (χ4v) is 2.16. The van der Waals surface area contributed by atoms with Crippen molar-refractivity contribution in [1.29, 1.82) is 10.7 Å². The van der Waals surface area contributed by atoms with Gasteiger partial charge in [-0.1, -0.05) is 13.8 Å². The summed E-state index contributed by atoms with van der Waals surface area (Å²) in [6.07, 6.45) is 0. The average Bonchev–Trinajstić information content (AvgIpc) is 2.72. The van der Waals surface area contributed by atoms with Crippen molar-refractivity contribution in [2.45, 2.75) is 13.8 Å². The van der Waals surface area contributed by atoms with Crippen LogP contribution in [0.4, 0.5) is 5.69 Å². The number of nitrogens with one attached hydrogen (secondary N) is 2. The molecule has 0 aromatic heterocycles. The zero-order valence-corrected chi connectivity index (χ0v) is 12.8. The Bertz CT molecular complexity index is 760. The molecule has 0 bridgehead atoms. The first-order valence-corrected chi connectivity index (χ1v) is 6.93. The molecule has 1 aliphatic heterocycles. The summed E-state index contributed by atoms with van der Waals surface area (Å²) in [6, 6.07) is 6.28. The highest BCUT2D eigenvalue weighted by Gasteiger charge is 2.35. The summed E-state index contributed by atoms with van der Waals surface area (Å²) in [5, 5.41) is 19.6. The van der Waals surface area contributed by atoms with Crippen LogP contribution in [0.3, 0.4) is 0 Å². The maximum atomic E-state index is 12.3. The minimum absolute atomic E-state index is 0.174. The van der Waals surface area contributed by atoms with Crippen LogP contribution in [0.5, 0.6) is 0 Å². The van der Waals surface area contributed by atoms with Gasteiger partial charge in [-0.3, -0.25) is 25.3 Å². The maximum Gasteiger partial charge on any atom is 0.261 e. The number of imide groups is 1. The van der Waals surface area contributed by atoms with E-state index in [1.54, 1.807) is 12.1 Å². The van der Waals surface area contributed by atoms with Crippen molar-refractivity contribution in [2.24, 2.45) is 16.8 Å². The van der Waals surface area contributed by atoms with E-state index in [0.29, 0.717) is 17.8 Å². The van der Waals surface area contributed by atoms with Gasteiger partial charge in [0, 0.05) is 6.54 Å². The minimum Gasteiger partial charge on any atom is -0.382 e. The number of hydrogen-bond donors (Lipinski definition) is 3. The summed E-state index contributed by atoms with van der Waals surface area (Å²) in [6.45, 7) is 4.21. The second-order valence-corrected chi connectivity index (χ2v) is 5.47. The van der Waals surface area contributed by atoms with Crippen LogP contribution < -0.4 is 11.2 Å². The summed E-state index contributed by atoms with van der Waals surface area (Å²) >= 11 is 0.